The molecule has 4 aromatic rings. The second kappa shape index (κ2) is 6.70. The van der Waals surface area contributed by atoms with Gasteiger partial charge in [-0.1, -0.05) is 0 Å². The number of ether oxygens (including phenoxy) is 2. The molecule has 0 radical (unpaired) electrons. The number of nitriles is 1. The van der Waals surface area contributed by atoms with E-state index in [1.807, 2.05) is 23.7 Å². The van der Waals surface area contributed by atoms with Gasteiger partial charge in [0.05, 0.1) is 42.4 Å². The number of H-pyrrole nitrogens is 1. The van der Waals surface area contributed by atoms with Crippen LogP contribution in [0.2, 0.25) is 0 Å². The van der Waals surface area contributed by atoms with Gasteiger partial charge in [0.15, 0.2) is 11.5 Å². The zero-order chi connectivity index (χ0) is 19.8. The van der Waals surface area contributed by atoms with Crippen molar-refractivity contribution in [3.63, 3.8) is 0 Å². The number of hydrogen-bond donors (Lipinski definition) is 1. The van der Waals surface area contributed by atoms with Crippen LogP contribution in [0.25, 0.3) is 16.6 Å². The lowest BCUT2D eigenvalue weighted by Gasteiger charge is -2.09. The Labute approximate surface area is 160 Å². The minimum Gasteiger partial charge on any atom is -0.493 e. The number of aryl methyl sites for hydroxylation is 1. The molecule has 140 valence electrons. The third-order valence-corrected chi connectivity index (χ3v) is 4.57. The Morgan fingerprint density at radius 3 is 2.61 bits per heavy atom. The van der Waals surface area contributed by atoms with Crippen LogP contribution in [0.1, 0.15) is 22.6 Å². The first-order chi connectivity index (χ1) is 13.5. The van der Waals surface area contributed by atoms with Crippen LogP contribution >= 0.6 is 0 Å². The number of imidazole rings is 1. The van der Waals surface area contributed by atoms with Crippen LogP contribution in [0.3, 0.4) is 0 Å². The summed E-state index contributed by atoms with van der Waals surface area (Å²) in [4.78, 5) is 24.4. The molecule has 0 bridgehead atoms. The summed E-state index contributed by atoms with van der Waals surface area (Å²) in [5.41, 5.74) is 3.12. The maximum Gasteiger partial charge on any atom is 0.258 e. The van der Waals surface area contributed by atoms with Gasteiger partial charge in [0.1, 0.15) is 11.5 Å². The van der Waals surface area contributed by atoms with Crippen LogP contribution in [-0.4, -0.2) is 33.6 Å². The van der Waals surface area contributed by atoms with E-state index in [4.69, 9.17) is 9.47 Å². The molecule has 28 heavy (non-hydrogen) atoms. The van der Waals surface area contributed by atoms with Crippen molar-refractivity contribution in [1.29, 1.82) is 5.26 Å². The number of methoxy groups -OCH3 is 2. The van der Waals surface area contributed by atoms with Gasteiger partial charge < -0.3 is 18.9 Å². The number of rotatable bonds is 4. The second-order valence-corrected chi connectivity index (χ2v) is 6.39. The van der Waals surface area contributed by atoms with E-state index < -0.39 is 0 Å². The number of nitrogens with zero attached hydrogens (tertiary/aromatic N) is 4. The van der Waals surface area contributed by atoms with Crippen molar-refractivity contribution in [3.05, 3.63) is 63.6 Å². The zero-order valence-corrected chi connectivity index (χ0v) is 15.6. The van der Waals surface area contributed by atoms with Crippen LogP contribution in [0.15, 0.2) is 35.4 Å². The van der Waals surface area contributed by atoms with Crippen molar-refractivity contribution in [2.24, 2.45) is 0 Å². The van der Waals surface area contributed by atoms with Gasteiger partial charge in [0.2, 0.25) is 0 Å². The molecule has 1 aromatic carbocycles. The molecular weight excluding hydrogens is 358 g/mol. The first kappa shape index (κ1) is 17.5. The van der Waals surface area contributed by atoms with Gasteiger partial charge in [0, 0.05) is 24.9 Å². The van der Waals surface area contributed by atoms with Crippen molar-refractivity contribution in [3.8, 4) is 17.6 Å². The predicted molar refractivity (Wildman–Crippen MR) is 103 cm³/mol. The lowest BCUT2D eigenvalue weighted by atomic mass is 10.2. The minimum absolute atomic E-state index is 0.257. The molecule has 0 atom stereocenters. The number of pyridine rings is 1. The van der Waals surface area contributed by atoms with E-state index in [9.17, 15) is 10.1 Å². The summed E-state index contributed by atoms with van der Waals surface area (Å²) in [7, 11) is 3.05. The lowest BCUT2D eigenvalue weighted by Crippen LogP contribution is -2.12. The highest BCUT2D eigenvalue weighted by Crippen LogP contribution is 2.30. The highest BCUT2D eigenvalue weighted by Gasteiger charge is 2.12. The van der Waals surface area contributed by atoms with Gasteiger partial charge in [-0.25, -0.2) is 9.97 Å². The van der Waals surface area contributed by atoms with E-state index >= 15 is 0 Å². The standard InChI is InChI=1S/C20H17N5O3/c1-11-9-25-10-13(22-19(25)4-12(11)8-21)5-18-23-15-7-17(28-3)16(27-2)6-14(15)20(26)24-18/h4,6-7,9-10H,5H2,1-3H3,(H,23,24,26). The van der Waals surface area contributed by atoms with Crippen molar-refractivity contribution >= 4 is 16.6 Å². The maximum atomic E-state index is 12.5. The first-order valence-electron chi connectivity index (χ1n) is 8.55. The molecule has 8 heteroatoms. The number of aromatic amines is 1. The summed E-state index contributed by atoms with van der Waals surface area (Å²) < 4.78 is 12.4. The van der Waals surface area contributed by atoms with Gasteiger partial charge in [-0.05, 0) is 24.6 Å². The quantitative estimate of drug-likeness (QED) is 0.587. The van der Waals surface area contributed by atoms with E-state index in [0.29, 0.717) is 45.9 Å². The second-order valence-electron chi connectivity index (χ2n) is 6.39. The Morgan fingerprint density at radius 1 is 1.14 bits per heavy atom. The van der Waals surface area contributed by atoms with Crippen LogP contribution in [0.4, 0.5) is 0 Å². The highest BCUT2D eigenvalue weighted by molar-refractivity contribution is 5.81. The van der Waals surface area contributed by atoms with E-state index in [1.54, 1.807) is 18.2 Å². The van der Waals surface area contributed by atoms with E-state index in [-0.39, 0.29) is 5.56 Å². The third kappa shape index (κ3) is 2.93. The average Bonchev–Trinajstić information content (AvgIpc) is 3.07. The molecule has 0 saturated heterocycles. The van der Waals surface area contributed by atoms with Gasteiger partial charge in [-0.3, -0.25) is 4.79 Å². The summed E-state index contributed by atoms with van der Waals surface area (Å²) in [5, 5.41) is 9.60. The zero-order valence-electron chi connectivity index (χ0n) is 15.6. The predicted octanol–water partition coefficient (Wildman–Crippen LogP) is 2.36. The molecule has 8 nitrogen and oxygen atoms in total. The Kier molecular flexibility index (Phi) is 4.20. The number of benzene rings is 1. The Morgan fingerprint density at radius 2 is 1.89 bits per heavy atom. The summed E-state index contributed by atoms with van der Waals surface area (Å²) in [5.74, 6) is 1.47. The molecule has 1 N–H and O–H groups in total. The third-order valence-electron chi connectivity index (χ3n) is 4.57. The molecule has 0 saturated carbocycles. The van der Waals surface area contributed by atoms with Crippen LogP contribution in [-0.2, 0) is 6.42 Å². The van der Waals surface area contributed by atoms with Gasteiger partial charge in [0.25, 0.3) is 5.56 Å². The summed E-state index contributed by atoms with van der Waals surface area (Å²) in [6, 6.07) is 7.19. The van der Waals surface area contributed by atoms with E-state index in [2.05, 4.69) is 21.0 Å². The summed E-state index contributed by atoms with van der Waals surface area (Å²) in [6.07, 6.45) is 4.07. The fraction of sp³-hybridized carbons (Fsp3) is 0.200. The normalized spacial score (nSPS) is 10.9. The SMILES string of the molecule is COc1cc2nc(Cc3cn4cc(C)c(C#N)cc4n3)[nH]c(=O)c2cc1OC. The molecule has 3 aromatic heterocycles. The highest BCUT2D eigenvalue weighted by atomic mass is 16.5. The molecule has 0 aliphatic rings. The van der Waals surface area contributed by atoms with E-state index in [1.165, 1.54) is 14.2 Å². The van der Waals surface area contributed by atoms with Gasteiger partial charge >= 0.3 is 0 Å². The molecule has 0 aliphatic carbocycles. The number of aromatic nitrogens is 4. The number of fused-ring (bicyclic) bond motifs is 2. The van der Waals surface area contributed by atoms with E-state index in [0.717, 1.165) is 11.3 Å². The monoisotopic (exact) mass is 375 g/mol. The Hall–Kier alpha value is -3.86. The molecule has 0 unspecified atom stereocenters. The molecule has 4 rings (SSSR count). The van der Waals surface area contributed by atoms with Crippen molar-refractivity contribution < 1.29 is 9.47 Å². The van der Waals surface area contributed by atoms with Crippen LogP contribution in [0, 0.1) is 18.3 Å². The fourth-order valence-electron chi connectivity index (χ4n) is 3.17. The van der Waals surface area contributed by atoms with Gasteiger partial charge in [-0.2, -0.15) is 5.26 Å². The maximum absolute atomic E-state index is 12.5. The first-order valence-corrected chi connectivity index (χ1v) is 8.55. The minimum atomic E-state index is -0.257. The largest absolute Gasteiger partial charge is 0.493 e. The molecule has 0 aliphatic heterocycles. The Balaban J connectivity index is 1.76. The molecule has 0 spiro atoms. The molecule has 3 heterocycles. The molecule has 0 amide bonds. The lowest BCUT2D eigenvalue weighted by molar-refractivity contribution is 0.355. The molecule has 0 fully saturated rings. The summed E-state index contributed by atoms with van der Waals surface area (Å²) >= 11 is 0. The van der Waals surface area contributed by atoms with Crippen LogP contribution in [0.5, 0.6) is 11.5 Å². The summed E-state index contributed by atoms with van der Waals surface area (Å²) in [6.45, 7) is 1.88. The van der Waals surface area contributed by atoms with Crippen molar-refractivity contribution in [1.82, 2.24) is 19.4 Å². The molecular formula is C20H17N5O3. The smallest absolute Gasteiger partial charge is 0.258 e. The number of nitrogens with one attached hydrogen (secondary N) is 1. The van der Waals surface area contributed by atoms with Crippen molar-refractivity contribution in [2.45, 2.75) is 13.3 Å². The van der Waals surface area contributed by atoms with Crippen molar-refractivity contribution in [2.75, 3.05) is 14.2 Å². The topological polar surface area (TPSA) is 105 Å². The Bertz CT molecular complexity index is 1310. The van der Waals surface area contributed by atoms with Crippen LogP contribution < -0.4 is 15.0 Å². The average molecular weight is 375 g/mol. The number of hydrogen-bond acceptors (Lipinski definition) is 6. The fourth-order valence-corrected chi connectivity index (χ4v) is 3.17. The van der Waals surface area contributed by atoms with Gasteiger partial charge in [-0.15, -0.1) is 0 Å².